The molecule has 364 valence electrons. The number of hydrogen-bond donors (Lipinski definition) is 0. The molecule has 0 aromatic rings. The highest BCUT2D eigenvalue weighted by molar-refractivity contribution is 5.71. The maximum absolute atomic E-state index is 12.8. The fourth-order valence-corrected chi connectivity index (χ4v) is 7.39. The van der Waals surface area contributed by atoms with Crippen LogP contribution in [0, 0.1) is 0 Å². The van der Waals surface area contributed by atoms with Crippen LogP contribution < -0.4 is 0 Å². The normalized spacial score (nSPS) is 12.5. The lowest BCUT2D eigenvalue weighted by molar-refractivity contribution is -0.167. The molecule has 0 aliphatic carbocycles. The van der Waals surface area contributed by atoms with Gasteiger partial charge in [0.05, 0.1) is 0 Å². The van der Waals surface area contributed by atoms with E-state index in [4.69, 9.17) is 14.2 Å². The minimum Gasteiger partial charge on any atom is -0.462 e. The number of hydrogen-bond acceptors (Lipinski definition) is 6. The predicted octanol–water partition coefficient (Wildman–Crippen LogP) is 17.6. The maximum Gasteiger partial charge on any atom is 0.306 e. The van der Waals surface area contributed by atoms with E-state index in [-0.39, 0.29) is 31.1 Å². The molecule has 0 aliphatic rings. The summed E-state index contributed by atoms with van der Waals surface area (Å²) in [7, 11) is 0. The van der Waals surface area contributed by atoms with Crippen molar-refractivity contribution in [2.45, 2.75) is 271 Å². The molecule has 0 heterocycles. The second-order valence-electron chi connectivity index (χ2n) is 17.8. The molecule has 0 radical (unpaired) electrons. The first-order chi connectivity index (χ1) is 31.0. The van der Waals surface area contributed by atoms with Crippen molar-refractivity contribution in [2.75, 3.05) is 13.2 Å². The standard InChI is InChI=1S/C57H100O6/c1-4-7-10-13-16-19-22-25-27-28-30-33-36-39-42-45-48-51-57(60)63-54(52-61-55(58)49-46-43-40-37-34-31-24-21-18-15-12-9-6-3)53-62-56(59)50-47-44-41-38-35-32-29-26-23-20-17-14-11-8-5-2/h12,15,17,20-21,24-27,29,54H,4-11,13-14,16,18-19,22-23,28,30-53H2,1-3H3/b15-12-,20-17-,24-21-,27-25-,29-26-/t54-/m0/s1. The zero-order valence-corrected chi connectivity index (χ0v) is 41.6. The molecule has 0 fully saturated rings. The highest BCUT2D eigenvalue weighted by atomic mass is 16.6. The van der Waals surface area contributed by atoms with E-state index < -0.39 is 6.10 Å². The molecule has 63 heavy (non-hydrogen) atoms. The first-order valence-corrected chi connectivity index (χ1v) is 26.8. The molecule has 0 saturated heterocycles. The molecule has 6 nitrogen and oxygen atoms in total. The molecule has 0 saturated carbocycles. The van der Waals surface area contributed by atoms with Crippen molar-refractivity contribution < 1.29 is 28.6 Å². The van der Waals surface area contributed by atoms with Crippen molar-refractivity contribution in [1.29, 1.82) is 0 Å². The molecule has 0 rings (SSSR count). The lowest BCUT2D eigenvalue weighted by atomic mass is 10.1. The van der Waals surface area contributed by atoms with E-state index in [9.17, 15) is 14.4 Å². The summed E-state index contributed by atoms with van der Waals surface area (Å²) in [6.07, 6.45) is 63.4. The third kappa shape index (κ3) is 50.0. The Balaban J connectivity index is 4.41. The van der Waals surface area contributed by atoms with Gasteiger partial charge in [-0.2, -0.15) is 0 Å². The first kappa shape index (κ1) is 60.1. The van der Waals surface area contributed by atoms with E-state index in [0.717, 1.165) is 103 Å². The Kier molecular flexibility index (Phi) is 49.4. The second-order valence-corrected chi connectivity index (χ2v) is 17.8. The Morgan fingerprint density at radius 3 is 0.984 bits per heavy atom. The van der Waals surface area contributed by atoms with Gasteiger partial charge in [-0.1, -0.05) is 204 Å². The molecule has 0 N–H and O–H groups in total. The van der Waals surface area contributed by atoms with Crippen molar-refractivity contribution in [3.8, 4) is 0 Å². The predicted molar refractivity (Wildman–Crippen MR) is 270 cm³/mol. The Morgan fingerprint density at radius 1 is 0.317 bits per heavy atom. The third-order valence-electron chi connectivity index (χ3n) is 11.4. The SMILES string of the molecule is CCC/C=C\C/C=C\CCCCCCCC(=O)OC[C@@H](COC(=O)CCCCCCC/C=C\C/C=C\CCCCC)OC(=O)CCCCCCCCC/C=C\CCCCCCCC. The minimum atomic E-state index is -0.787. The van der Waals surface area contributed by atoms with Crippen molar-refractivity contribution in [2.24, 2.45) is 0 Å². The Labute approximate surface area is 390 Å². The van der Waals surface area contributed by atoms with E-state index >= 15 is 0 Å². The van der Waals surface area contributed by atoms with Gasteiger partial charge >= 0.3 is 17.9 Å². The lowest BCUT2D eigenvalue weighted by Crippen LogP contribution is -2.30. The number of allylic oxidation sites excluding steroid dienone is 10. The molecule has 0 bridgehead atoms. The van der Waals surface area contributed by atoms with Crippen molar-refractivity contribution in [3.63, 3.8) is 0 Å². The van der Waals surface area contributed by atoms with Gasteiger partial charge in [0.2, 0.25) is 0 Å². The van der Waals surface area contributed by atoms with E-state index in [1.165, 1.54) is 122 Å². The molecule has 1 atom stereocenters. The number of unbranched alkanes of at least 4 members (excludes halogenated alkanes) is 27. The monoisotopic (exact) mass is 881 g/mol. The summed E-state index contributed by atoms with van der Waals surface area (Å²) in [5, 5.41) is 0. The van der Waals surface area contributed by atoms with Crippen LogP contribution in [-0.2, 0) is 28.6 Å². The van der Waals surface area contributed by atoms with Crippen LogP contribution >= 0.6 is 0 Å². The number of rotatable bonds is 48. The Morgan fingerprint density at radius 2 is 0.603 bits per heavy atom. The summed E-state index contributed by atoms with van der Waals surface area (Å²) in [6, 6.07) is 0. The summed E-state index contributed by atoms with van der Waals surface area (Å²) in [6.45, 7) is 6.53. The summed E-state index contributed by atoms with van der Waals surface area (Å²) in [4.78, 5) is 38.0. The maximum atomic E-state index is 12.8. The van der Waals surface area contributed by atoms with Crippen LogP contribution in [0.15, 0.2) is 60.8 Å². The zero-order chi connectivity index (χ0) is 45.8. The van der Waals surface area contributed by atoms with Crippen LogP contribution in [0.5, 0.6) is 0 Å². The van der Waals surface area contributed by atoms with Gasteiger partial charge in [-0.25, -0.2) is 0 Å². The van der Waals surface area contributed by atoms with E-state index in [2.05, 4.69) is 81.5 Å². The Hall–Kier alpha value is -2.89. The largest absolute Gasteiger partial charge is 0.462 e. The first-order valence-electron chi connectivity index (χ1n) is 26.8. The summed E-state index contributed by atoms with van der Waals surface area (Å²) >= 11 is 0. The molecule has 0 aromatic carbocycles. The summed E-state index contributed by atoms with van der Waals surface area (Å²) in [5.74, 6) is -0.913. The van der Waals surface area contributed by atoms with Gasteiger partial charge in [-0.15, -0.1) is 0 Å². The molecular weight excluding hydrogens is 781 g/mol. The number of carbonyl (C=O) groups is 3. The van der Waals surface area contributed by atoms with Crippen LogP contribution in [-0.4, -0.2) is 37.2 Å². The highest BCUT2D eigenvalue weighted by Gasteiger charge is 2.19. The molecule has 0 amide bonds. The molecular formula is C57H100O6. The number of carbonyl (C=O) groups excluding carboxylic acids is 3. The van der Waals surface area contributed by atoms with Gasteiger partial charge in [0, 0.05) is 19.3 Å². The van der Waals surface area contributed by atoms with Gasteiger partial charge in [0.25, 0.3) is 0 Å². The average molecular weight is 881 g/mol. The van der Waals surface area contributed by atoms with Crippen LogP contribution in [0.4, 0.5) is 0 Å². The quantitative estimate of drug-likeness (QED) is 0.0262. The molecule has 0 aliphatic heterocycles. The van der Waals surface area contributed by atoms with Gasteiger partial charge in [0.1, 0.15) is 13.2 Å². The van der Waals surface area contributed by atoms with E-state index in [1.54, 1.807) is 0 Å². The lowest BCUT2D eigenvalue weighted by Gasteiger charge is -2.18. The van der Waals surface area contributed by atoms with Gasteiger partial charge in [0.15, 0.2) is 6.10 Å². The van der Waals surface area contributed by atoms with Crippen LogP contribution in [0.25, 0.3) is 0 Å². The fourth-order valence-electron chi connectivity index (χ4n) is 7.39. The Bertz CT molecular complexity index is 1150. The zero-order valence-electron chi connectivity index (χ0n) is 41.6. The fraction of sp³-hybridized carbons (Fsp3) is 0.772. The molecule has 0 aromatic heterocycles. The third-order valence-corrected chi connectivity index (χ3v) is 11.4. The average Bonchev–Trinajstić information content (AvgIpc) is 3.28. The second kappa shape index (κ2) is 51.7. The topological polar surface area (TPSA) is 78.9 Å². The summed E-state index contributed by atoms with van der Waals surface area (Å²) in [5.41, 5.74) is 0. The minimum absolute atomic E-state index is 0.0875. The smallest absolute Gasteiger partial charge is 0.306 e. The van der Waals surface area contributed by atoms with Crippen LogP contribution in [0.3, 0.4) is 0 Å². The molecule has 6 heteroatoms. The van der Waals surface area contributed by atoms with E-state index in [1.807, 2.05) is 0 Å². The summed E-state index contributed by atoms with van der Waals surface area (Å²) < 4.78 is 16.8. The molecule has 0 unspecified atom stereocenters. The van der Waals surface area contributed by atoms with E-state index in [0.29, 0.717) is 19.3 Å². The molecule has 0 spiro atoms. The number of esters is 3. The van der Waals surface area contributed by atoms with Crippen molar-refractivity contribution in [1.82, 2.24) is 0 Å². The van der Waals surface area contributed by atoms with Crippen molar-refractivity contribution >= 4 is 17.9 Å². The van der Waals surface area contributed by atoms with Gasteiger partial charge in [-0.05, 0) is 103 Å². The van der Waals surface area contributed by atoms with Gasteiger partial charge < -0.3 is 14.2 Å². The van der Waals surface area contributed by atoms with Gasteiger partial charge in [-0.3, -0.25) is 14.4 Å². The van der Waals surface area contributed by atoms with Crippen LogP contribution in [0.2, 0.25) is 0 Å². The van der Waals surface area contributed by atoms with Crippen LogP contribution in [0.1, 0.15) is 265 Å². The number of ether oxygens (including phenoxy) is 3. The highest BCUT2D eigenvalue weighted by Crippen LogP contribution is 2.14. The van der Waals surface area contributed by atoms with Crippen molar-refractivity contribution in [3.05, 3.63) is 60.8 Å².